The van der Waals surface area contributed by atoms with E-state index in [1.165, 1.54) is 11.3 Å². The van der Waals surface area contributed by atoms with E-state index in [1.807, 2.05) is 0 Å². The van der Waals surface area contributed by atoms with Gasteiger partial charge in [0.15, 0.2) is 0 Å². The Labute approximate surface area is 117 Å². The maximum absolute atomic E-state index is 3.60. The van der Waals surface area contributed by atoms with Crippen molar-refractivity contribution in [2.45, 2.75) is 19.9 Å². The monoisotopic (exact) mass is 261 g/mol. The second-order valence-corrected chi connectivity index (χ2v) is 6.17. The van der Waals surface area contributed by atoms with Crippen LogP contribution < -0.4 is 10.2 Å². The van der Waals surface area contributed by atoms with Crippen molar-refractivity contribution in [2.75, 3.05) is 45.2 Å². The van der Waals surface area contributed by atoms with Crippen LogP contribution in [0.1, 0.15) is 12.5 Å². The minimum Gasteiger partial charge on any atom is -0.366 e. The van der Waals surface area contributed by atoms with E-state index in [4.69, 9.17) is 0 Å². The highest BCUT2D eigenvalue weighted by molar-refractivity contribution is 5.49. The Morgan fingerprint density at radius 1 is 1.21 bits per heavy atom. The van der Waals surface area contributed by atoms with Crippen molar-refractivity contribution in [1.29, 1.82) is 0 Å². The van der Waals surface area contributed by atoms with Crippen LogP contribution in [0.2, 0.25) is 0 Å². The predicted molar refractivity (Wildman–Crippen MR) is 82.9 cm³/mol. The van der Waals surface area contributed by atoms with Gasteiger partial charge in [-0.2, -0.15) is 0 Å². The lowest BCUT2D eigenvalue weighted by Crippen LogP contribution is -2.46. The van der Waals surface area contributed by atoms with E-state index in [-0.39, 0.29) is 0 Å². The molecule has 2 unspecified atom stereocenters. The summed E-state index contributed by atoms with van der Waals surface area (Å²) in [4.78, 5) is 4.85. The van der Waals surface area contributed by atoms with Gasteiger partial charge in [0, 0.05) is 25.3 Å². The molecular formula is C16H27N3. The van der Waals surface area contributed by atoms with Crippen LogP contribution in [0.5, 0.6) is 0 Å². The predicted octanol–water partition coefficient (Wildman–Crippen LogP) is 1.97. The van der Waals surface area contributed by atoms with E-state index in [0.717, 1.165) is 26.2 Å². The van der Waals surface area contributed by atoms with E-state index in [1.54, 1.807) is 0 Å². The van der Waals surface area contributed by atoms with E-state index in [9.17, 15) is 0 Å². The molecule has 19 heavy (non-hydrogen) atoms. The molecule has 106 valence electrons. The summed E-state index contributed by atoms with van der Waals surface area (Å²) < 4.78 is 0. The standard InChI is InChI=1S/C16H27N3/c1-13-5-7-15(8-6-13)19-11-14(2)9-17-10-16(19)12-18(3)4/h5-8,14,16-17H,9-12H2,1-4H3. The molecule has 0 bridgehead atoms. The van der Waals surface area contributed by atoms with Crippen LogP contribution in [0.15, 0.2) is 24.3 Å². The number of hydrogen-bond donors (Lipinski definition) is 1. The summed E-state index contributed by atoms with van der Waals surface area (Å²) in [6.07, 6.45) is 0. The molecule has 0 amide bonds. The fraction of sp³-hybridized carbons (Fsp3) is 0.625. The minimum absolute atomic E-state index is 0.544. The molecular weight excluding hydrogens is 234 g/mol. The third-order valence-corrected chi connectivity index (χ3v) is 3.76. The van der Waals surface area contributed by atoms with Gasteiger partial charge in [-0.3, -0.25) is 0 Å². The first-order valence-corrected chi connectivity index (χ1v) is 7.25. The highest BCUT2D eigenvalue weighted by Gasteiger charge is 2.24. The SMILES string of the molecule is Cc1ccc(N2CC(C)CNCC2CN(C)C)cc1. The third-order valence-electron chi connectivity index (χ3n) is 3.76. The quantitative estimate of drug-likeness (QED) is 0.897. The molecule has 1 aromatic carbocycles. The van der Waals surface area contributed by atoms with Crippen LogP contribution >= 0.6 is 0 Å². The number of nitrogens with one attached hydrogen (secondary N) is 1. The number of aryl methyl sites for hydroxylation is 1. The van der Waals surface area contributed by atoms with Gasteiger partial charge in [-0.25, -0.2) is 0 Å². The number of benzene rings is 1. The Bertz CT molecular complexity index is 385. The van der Waals surface area contributed by atoms with Crippen LogP contribution in [-0.4, -0.2) is 51.2 Å². The molecule has 2 atom stereocenters. The molecule has 0 saturated carbocycles. The summed E-state index contributed by atoms with van der Waals surface area (Å²) >= 11 is 0. The first-order chi connectivity index (χ1) is 9.06. The maximum atomic E-state index is 3.60. The fourth-order valence-corrected chi connectivity index (χ4v) is 2.79. The topological polar surface area (TPSA) is 18.5 Å². The number of hydrogen-bond acceptors (Lipinski definition) is 3. The normalized spacial score (nSPS) is 24.6. The van der Waals surface area contributed by atoms with E-state index < -0.39 is 0 Å². The molecule has 1 aromatic rings. The van der Waals surface area contributed by atoms with Gasteiger partial charge < -0.3 is 15.1 Å². The molecule has 1 N–H and O–H groups in total. The van der Waals surface area contributed by atoms with Crippen molar-refractivity contribution in [1.82, 2.24) is 10.2 Å². The Morgan fingerprint density at radius 2 is 1.89 bits per heavy atom. The average molecular weight is 261 g/mol. The summed E-state index contributed by atoms with van der Waals surface area (Å²) in [5.41, 5.74) is 2.68. The first kappa shape index (κ1) is 14.4. The van der Waals surface area contributed by atoms with Crippen molar-refractivity contribution >= 4 is 5.69 Å². The van der Waals surface area contributed by atoms with Gasteiger partial charge in [0.1, 0.15) is 0 Å². The zero-order valence-corrected chi connectivity index (χ0v) is 12.7. The highest BCUT2D eigenvalue weighted by atomic mass is 15.2. The summed E-state index contributed by atoms with van der Waals surface area (Å²) in [6, 6.07) is 9.49. The molecule has 1 aliphatic rings. The smallest absolute Gasteiger partial charge is 0.0541 e. The average Bonchev–Trinajstić information content (AvgIpc) is 2.52. The molecule has 1 fully saturated rings. The molecule has 0 radical (unpaired) electrons. The van der Waals surface area contributed by atoms with E-state index in [2.05, 4.69) is 67.3 Å². The summed E-state index contributed by atoms with van der Waals surface area (Å²) in [5.74, 6) is 0.688. The van der Waals surface area contributed by atoms with Gasteiger partial charge in [0.2, 0.25) is 0 Å². The maximum Gasteiger partial charge on any atom is 0.0541 e. The van der Waals surface area contributed by atoms with E-state index >= 15 is 0 Å². The molecule has 3 nitrogen and oxygen atoms in total. The fourth-order valence-electron chi connectivity index (χ4n) is 2.79. The van der Waals surface area contributed by atoms with Gasteiger partial charge in [0.05, 0.1) is 6.04 Å². The van der Waals surface area contributed by atoms with Crippen LogP contribution in [0.3, 0.4) is 0 Å². The summed E-state index contributed by atoms with van der Waals surface area (Å²) in [7, 11) is 4.31. The van der Waals surface area contributed by atoms with Crippen LogP contribution in [0, 0.1) is 12.8 Å². The number of likely N-dealkylation sites (N-methyl/N-ethyl adjacent to an activating group) is 1. The van der Waals surface area contributed by atoms with Crippen molar-refractivity contribution in [2.24, 2.45) is 5.92 Å². The zero-order chi connectivity index (χ0) is 13.8. The highest BCUT2D eigenvalue weighted by Crippen LogP contribution is 2.21. The largest absolute Gasteiger partial charge is 0.366 e. The lowest BCUT2D eigenvalue weighted by Gasteiger charge is -2.34. The lowest BCUT2D eigenvalue weighted by molar-refractivity contribution is 0.360. The zero-order valence-electron chi connectivity index (χ0n) is 12.7. The molecule has 0 spiro atoms. The van der Waals surface area contributed by atoms with Gasteiger partial charge >= 0.3 is 0 Å². The van der Waals surface area contributed by atoms with Crippen molar-refractivity contribution in [3.63, 3.8) is 0 Å². The molecule has 0 aliphatic carbocycles. The summed E-state index contributed by atoms with van der Waals surface area (Å²) in [6.45, 7) is 8.88. The first-order valence-electron chi connectivity index (χ1n) is 7.25. The molecule has 1 aliphatic heterocycles. The van der Waals surface area contributed by atoms with E-state index in [0.29, 0.717) is 12.0 Å². The number of rotatable bonds is 3. The minimum atomic E-state index is 0.544. The van der Waals surface area contributed by atoms with Gasteiger partial charge in [-0.1, -0.05) is 24.6 Å². The molecule has 0 aromatic heterocycles. The van der Waals surface area contributed by atoms with Crippen molar-refractivity contribution in [3.05, 3.63) is 29.8 Å². The molecule has 2 rings (SSSR count). The van der Waals surface area contributed by atoms with Gasteiger partial charge in [0.25, 0.3) is 0 Å². The number of anilines is 1. The van der Waals surface area contributed by atoms with Gasteiger partial charge in [-0.15, -0.1) is 0 Å². The summed E-state index contributed by atoms with van der Waals surface area (Å²) in [5, 5.41) is 3.60. The lowest BCUT2D eigenvalue weighted by atomic mass is 10.1. The third kappa shape index (κ3) is 3.95. The van der Waals surface area contributed by atoms with Crippen LogP contribution in [-0.2, 0) is 0 Å². The molecule has 1 saturated heterocycles. The Hall–Kier alpha value is -1.06. The Balaban J connectivity index is 2.21. The van der Waals surface area contributed by atoms with Crippen LogP contribution in [0.4, 0.5) is 5.69 Å². The Morgan fingerprint density at radius 3 is 2.53 bits per heavy atom. The van der Waals surface area contributed by atoms with Gasteiger partial charge in [-0.05, 0) is 45.6 Å². The second kappa shape index (κ2) is 6.40. The van der Waals surface area contributed by atoms with Crippen molar-refractivity contribution < 1.29 is 0 Å². The van der Waals surface area contributed by atoms with Crippen LogP contribution in [0.25, 0.3) is 0 Å². The molecule has 1 heterocycles. The number of nitrogens with zero attached hydrogens (tertiary/aromatic N) is 2. The Kier molecular flexibility index (Phi) is 4.83. The second-order valence-electron chi connectivity index (χ2n) is 6.17. The molecule has 3 heteroatoms. The van der Waals surface area contributed by atoms with Crippen molar-refractivity contribution in [3.8, 4) is 0 Å².